The molecule has 1 aromatic carbocycles. The van der Waals surface area contributed by atoms with Gasteiger partial charge in [-0.25, -0.2) is 14.3 Å². The molecule has 1 fully saturated rings. The lowest BCUT2D eigenvalue weighted by Crippen LogP contribution is -2.34. The SMILES string of the molecule is COc1ccc(Cl)cc1NC(=O)NCCn1nc(-c2cccs2)n(C2CC2)c1=O. The molecule has 0 unspecified atom stereocenters. The third-order valence-corrected chi connectivity index (χ3v) is 5.64. The molecule has 152 valence electrons. The Labute approximate surface area is 176 Å². The van der Waals surface area contributed by atoms with Gasteiger partial charge >= 0.3 is 11.7 Å². The monoisotopic (exact) mass is 433 g/mol. The van der Waals surface area contributed by atoms with E-state index in [1.165, 1.54) is 11.8 Å². The van der Waals surface area contributed by atoms with E-state index in [9.17, 15) is 9.59 Å². The van der Waals surface area contributed by atoms with Crippen LogP contribution in [-0.2, 0) is 6.54 Å². The van der Waals surface area contributed by atoms with Crippen molar-refractivity contribution in [2.75, 3.05) is 19.0 Å². The molecule has 0 atom stereocenters. The van der Waals surface area contributed by atoms with Crippen molar-refractivity contribution >= 4 is 34.7 Å². The van der Waals surface area contributed by atoms with E-state index in [4.69, 9.17) is 16.3 Å². The van der Waals surface area contributed by atoms with Gasteiger partial charge in [0, 0.05) is 17.6 Å². The number of rotatable bonds is 7. The number of aromatic nitrogens is 3. The highest BCUT2D eigenvalue weighted by molar-refractivity contribution is 7.13. The number of thiophene rings is 1. The van der Waals surface area contributed by atoms with E-state index >= 15 is 0 Å². The lowest BCUT2D eigenvalue weighted by atomic mass is 10.3. The highest BCUT2D eigenvalue weighted by Crippen LogP contribution is 2.37. The second-order valence-corrected chi connectivity index (χ2v) is 8.02. The fraction of sp³-hybridized carbons (Fsp3) is 0.316. The maximum Gasteiger partial charge on any atom is 0.346 e. The maximum atomic E-state index is 12.8. The molecule has 2 aromatic heterocycles. The molecule has 0 spiro atoms. The fourth-order valence-corrected chi connectivity index (χ4v) is 3.90. The zero-order valence-corrected chi connectivity index (χ0v) is 17.3. The fourth-order valence-electron chi connectivity index (χ4n) is 3.02. The molecule has 2 N–H and O–H groups in total. The molecule has 4 rings (SSSR count). The number of nitrogens with one attached hydrogen (secondary N) is 2. The van der Waals surface area contributed by atoms with Gasteiger partial charge in [-0.05, 0) is 42.5 Å². The van der Waals surface area contributed by atoms with Crippen molar-refractivity contribution in [1.82, 2.24) is 19.7 Å². The Bertz CT molecular complexity index is 1070. The van der Waals surface area contributed by atoms with Crippen molar-refractivity contribution in [1.29, 1.82) is 0 Å². The van der Waals surface area contributed by atoms with Crippen LogP contribution in [0.4, 0.5) is 10.5 Å². The summed E-state index contributed by atoms with van der Waals surface area (Å²) in [5.74, 6) is 1.20. The first kappa shape index (κ1) is 19.5. The quantitative estimate of drug-likeness (QED) is 0.595. The maximum absolute atomic E-state index is 12.8. The number of halogens is 1. The number of urea groups is 1. The molecule has 2 heterocycles. The van der Waals surface area contributed by atoms with Gasteiger partial charge in [0.15, 0.2) is 5.82 Å². The molecule has 1 aliphatic rings. The molecule has 3 aromatic rings. The van der Waals surface area contributed by atoms with E-state index in [0.29, 0.717) is 22.3 Å². The van der Waals surface area contributed by atoms with Gasteiger partial charge in [-0.3, -0.25) is 4.57 Å². The van der Waals surface area contributed by atoms with Crippen molar-refractivity contribution in [2.45, 2.75) is 25.4 Å². The smallest absolute Gasteiger partial charge is 0.346 e. The molecular formula is C19H20ClN5O3S. The standard InChI is InChI=1S/C19H20ClN5O3S/c1-28-15-7-4-12(20)11-14(15)22-18(26)21-8-9-24-19(27)25(13-5-6-13)17(23-24)16-3-2-10-29-16/h2-4,7,10-11,13H,5-6,8-9H2,1H3,(H2,21,22,26). The van der Waals surface area contributed by atoms with Crippen LogP contribution in [0.3, 0.4) is 0 Å². The van der Waals surface area contributed by atoms with E-state index in [1.807, 2.05) is 17.5 Å². The normalized spacial score (nSPS) is 13.3. The predicted octanol–water partition coefficient (Wildman–Crippen LogP) is 3.59. The minimum atomic E-state index is -0.418. The second-order valence-electron chi connectivity index (χ2n) is 6.63. The van der Waals surface area contributed by atoms with Gasteiger partial charge in [0.05, 0.1) is 24.2 Å². The first-order chi connectivity index (χ1) is 14.1. The molecule has 0 saturated heterocycles. The van der Waals surface area contributed by atoms with E-state index in [2.05, 4.69) is 15.7 Å². The van der Waals surface area contributed by atoms with Crippen molar-refractivity contribution in [3.63, 3.8) is 0 Å². The Balaban J connectivity index is 1.41. The molecule has 0 bridgehead atoms. The number of carbonyl (C=O) groups excluding carboxylic acids is 1. The number of benzene rings is 1. The molecule has 0 radical (unpaired) electrons. The average Bonchev–Trinajstić information content (AvgIpc) is 3.27. The van der Waals surface area contributed by atoms with Gasteiger partial charge in [0.2, 0.25) is 0 Å². The number of hydrogen-bond acceptors (Lipinski definition) is 5. The minimum absolute atomic E-state index is 0.144. The lowest BCUT2D eigenvalue weighted by molar-refractivity contribution is 0.251. The molecule has 29 heavy (non-hydrogen) atoms. The minimum Gasteiger partial charge on any atom is -0.495 e. The summed E-state index contributed by atoms with van der Waals surface area (Å²) in [5, 5.41) is 12.4. The van der Waals surface area contributed by atoms with Gasteiger partial charge < -0.3 is 15.4 Å². The number of ether oxygens (including phenoxy) is 1. The summed E-state index contributed by atoms with van der Waals surface area (Å²) in [6.45, 7) is 0.525. The summed E-state index contributed by atoms with van der Waals surface area (Å²) >= 11 is 7.53. The Morgan fingerprint density at radius 1 is 1.38 bits per heavy atom. The molecule has 1 aliphatic carbocycles. The molecule has 0 aliphatic heterocycles. The zero-order valence-electron chi connectivity index (χ0n) is 15.7. The summed E-state index contributed by atoms with van der Waals surface area (Å²) < 4.78 is 8.39. The van der Waals surface area contributed by atoms with Crippen LogP contribution < -0.4 is 21.1 Å². The Kier molecular flexibility index (Phi) is 5.59. The summed E-state index contributed by atoms with van der Waals surface area (Å²) in [7, 11) is 1.51. The van der Waals surface area contributed by atoms with E-state index < -0.39 is 6.03 Å². The number of nitrogens with zero attached hydrogens (tertiary/aromatic N) is 3. The van der Waals surface area contributed by atoms with Crippen LogP contribution in [0.25, 0.3) is 10.7 Å². The Morgan fingerprint density at radius 3 is 2.90 bits per heavy atom. The number of anilines is 1. The summed E-state index contributed by atoms with van der Waals surface area (Å²) in [4.78, 5) is 25.9. The number of carbonyl (C=O) groups is 1. The van der Waals surface area contributed by atoms with Crippen molar-refractivity contribution in [3.05, 3.63) is 51.2 Å². The van der Waals surface area contributed by atoms with Gasteiger partial charge in [-0.1, -0.05) is 17.7 Å². The van der Waals surface area contributed by atoms with E-state index in [0.717, 1.165) is 17.7 Å². The Morgan fingerprint density at radius 2 is 2.21 bits per heavy atom. The number of hydrogen-bond donors (Lipinski definition) is 2. The van der Waals surface area contributed by atoms with Crippen LogP contribution in [-0.4, -0.2) is 34.0 Å². The molecule has 8 nitrogen and oxygen atoms in total. The first-order valence-electron chi connectivity index (χ1n) is 9.18. The van der Waals surface area contributed by atoms with Crippen molar-refractivity contribution in [2.24, 2.45) is 0 Å². The Hall–Kier alpha value is -2.78. The van der Waals surface area contributed by atoms with E-state index in [1.54, 1.807) is 34.1 Å². The van der Waals surface area contributed by atoms with Gasteiger partial charge in [0.25, 0.3) is 0 Å². The van der Waals surface area contributed by atoms with Crippen LogP contribution in [0.1, 0.15) is 18.9 Å². The van der Waals surface area contributed by atoms with Crippen molar-refractivity contribution in [3.8, 4) is 16.5 Å². The van der Waals surface area contributed by atoms with Crippen LogP contribution in [0, 0.1) is 0 Å². The summed E-state index contributed by atoms with van der Waals surface area (Å²) in [5.41, 5.74) is 0.322. The highest BCUT2D eigenvalue weighted by Gasteiger charge is 2.30. The van der Waals surface area contributed by atoms with Gasteiger partial charge in [-0.15, -0.1) is 16.4 Å². The summed E-state index contributed by atoms with van der Waals surface area (Å²) in [6, 6.07) is 8.66. The van der Waals surface area contributed by atoms with Crippen LogP contribution in [0.2, 0.25) is 5.02 Å². The van der Waals surface area contributed by atoms with Crippen LogP contribution >= 0.6 is 22.9 Å². The van der Waals surface area contributed by atoms with Crippen LogP contribution in [0.15, 0.2) is 40.5 Å². The largest absolute Gasteiger partial charge is 0.495 e. The predicted molar refractivity (Wildman–Crippen MR) is 113 cm³/mol. The number of methoxy groups -OCH3 is 1. The lowest BCUT2D eigenvalue weighted by Gasteiger charge is -2.11. The van der Waals surface area contributed by atoms with E-state index in [-0.39, 0.29) is 24.8 Å². The molecule has 10 heteroatoms. The zero-order chi connectivity index (χ0) is 20.4. The third kappa shape index (κ3) is 4.30. The average molecular weight is 434 g/mol. The highest BCUT2D eigenvalue weighted by atomic mass is 35.5. The topological polar surface area (TPSA) is 90.2 Å². The molecule has 2 amide bonds. The third-order valence-electron chi connectivity index (χ3n) is 4.54. The first-order valence-corrected chi connectivity index (χ1v) is 10.4. The summed E-state index contributed by atoms with van der Waals surface area (Å²) in [6.07, 6.45) is 1.98. The van der Waals surface area contributed by atoms with Crippen molar-refractivity contribution < 1.29 is 9.53 Å². The molecule has 1 saturated carbocycles. The van der Waals surface area contributed by atoms with Gasteiger partial charge in [0.1, 0.15) is 5.75 Å². The number of amides is 2. The second kappa shape index (κ2) is 8.30. The van der Waals surface area contributed by atoms with Crippen LogP contribution in [0.5, 0.6) is 5.75 Å². The molecular weight excluding hydrogens is 414 g/mol. The van der Waals surface area contributed by atoms with Gasteiger partial charge in [-0.2, -0.15) is 0 Å².